The molecule has 0 aliphatic heterocycles. The van der Waals surface area contributed by atoms with Gasteiger partial charge in [0.2, 0.25) is 5.43 Å². The minimum Gasteiger partial charge on any atom is -0.494 e. The molecule has 0 aliphatic rings. The molecule has 0 saturated carbocycles. The summed E-state index contributed by atoms with van der Waals surface area (Å²) in [7, 11) is 1.73. The zero-order valence-electron chi connectivity index (χ0n) is 17.3. The lowest BCUT2D eigenvalue weighted by Gasteiger charge is -2.10. The average molecular weight is 420 g/mol. The Bertz CT molecular complexity index is 1320. The molecule has 4 rings (SSSR count). The lowest BCUT2D eigenvalue weighted by atomic mass is 10.1. The van der Waals surface area contributed by atoms with E-state index in [1.54, 1.807) is 59.6 Å². The molecule has 0 saturated heterocycles. The molecule has 0 spiro atoms. The lowest BCUT2D eigenvalue weighted by Crippen LogP contribution is -2.23. The standard InChI is InChI=1S/C23H21FN4O3/c1-4-31-18-11-7-16(8-12-18)25-22(30)19-13-27(3)23-20(21(19)29)14(2)26-28(23)17-9-5-15(24)6-10-17/h5-13H,4H2,1-3H3,(H,25,30). The van der Waals surface area contributed by atoms with Crippen molar-refractivity contribution in [1.82, 2.24) is 14.3 Å². The number of anilines is 1. The minimum absolute atomic E-state index is 0.00522. The predicted octanol–water partition coefficient (Wildman–Crippen LogP) is 3.82. The molecule has 0 atom stereocenters. The van der Waals surface area contributed by atoms with Crippen molar-refractivity contribution >= 4 is 22.6 Å². The molecule has 7 nitrogen and oxygen atoms in total. The molecule has 0 bridgehead atoms. The maximum atomic E-state index is 13.3. The van der Waals surface area contributed by atoms with Gasteiger partial charge in [-0.15, -0.1) is 0 Å². The Morgan fingerprint density at radius 1 is 1.13 bits per heavy atom. The van der Waals surface area contributed by atoms with Crippen LogP contribution in [0.4, 0.5) is 10.1 Å². The van der Waals surface area contributed by atoms with Gasteiger partial charge in [0.05, 0.1) is 23.4 Å². The second-order valence-corrected chi connectivity index (χ2v) is 7.07. The highest BCUT2D eigenvalue weighted by atomic mass is 19.1. The van der Waals surface area contributed by atoms with Crippen molar-refractivity contribution in [3.8, 4) is 11.4 Å². The number of hydrogen-bond acceptors (Lipinski definition) is 4. The SMILES string of the molecule is CCOc1ccc(NC(=O)c2cn(C)c3c(c(C)nn3-c3ccc(F)cc3)c2=O)cc1. The van der Waals surface area contributed by atoms with E-state index in [2.05, 4.69) is 10.4 Å². The van der Waals surface area contributed by atoms with Crippen LogP contribution in [0.15, 0.2) is 59.5 Å². The van der Waals surface area contributed by atoms with Crippen LogP contribution in [0, 0.1) is 12.7 Å². The van der Waals surface area contributed by atoms with Gasteiger partial charge in [0.1, 0.15) is 22.8 Å². The Hall–Kier alpha value is -3.94. The number of amides is 1. The number of benzene rings is 2. The number of fused-ring (bicyclic) bond motifs is 1. The zero-order valence-corrected chi connectivity index (χ0v) is 17.3. The topological polar surface area (TPSA) is 78.2 Å². The van der Waals surface area contributed by atoms with Gasteiger partial charge in [-0.3, -0.25) is 9.59 Å². The molecular weight excluding hydrogens is 399 g/mol. The minimum atomic E-state index is -0.513. The van der Waals surface area contributed by atoms with Crippen LogP contribution in [0.3, 0.4) is 0 Å². The second-order valence-electron chi connectivity index (χ2n) is 7.07. The first-order valence-electron chi connectivity index (χ1n) is 9.78. The number of ether oxygens (including phenoxy) is 1. The number of hydrogen-bond donors (Lipinski definition) is 1. The summed E-state index contributed by atoms with van der Waals surface area (Å²) in [6, 6.07) is 12.7. The summed E-state index contributed by atoms with van der Waals surface area (Å²) >= 11 is 0. The molecule has 0 fully saturated rings. The van der Waals surface area contributed by atoms with E-state index >= 15 is 0 Å². The van der Waals surface area contributed by atoms with Crippen LogP contribution in [-0.2, 0) is 7.05 Å². The molecule has 1 amide bonds. The smallest absolute Gasteiger partial charge is 0.261 e. The highest BCUT2D eigenvalue weighted by Gasteiger charge is 2.21. The average Bonchev–Trinajstić information content (AvgIpc) is 3.11. The first kappa shape index (κ1) is 20.3. The summed E-state index contributed by atoms with van der Waals surface area (Å²) in [5, 5.41) is 7.54. The zero-order chi connectivity index (χ0) is 22.1. The predicted molar refractivity (Wildman–Crippen MR) is 117 cm³/mol. The first-order valence-corrected chi connectivity index (χ1v) is 9.78. The molecule has 4 aromatic rings. The van der Waals surface area contributed by atoms with Crippen LogP contribution in [0.1, 0.15) is 23.0 Å². The number of carbonyl (C=O) groups is 1. The van der Waals surface area contributed by atoms with Crippen LogP contribution < -0.4 is 15.5 Å². The van der Waals surface area contributed by atoms with Gasteiger partial charge in [0.25, 0.3) is 5.91 Å². The number of carbonyl (C=O) groups excluding carboxylic acids is 1. The van der Waals surface area contributed by atoms with Crippen molar-refractivity contribution in [2.24, 2.45) is 7.05 Å². The molecule has 158 valence electrons. The third-order valence-corrected chi connectivity index (χ3v) is 4.90. The van der Waals surface area contributed by atoms with Gasteiger partial charge >= 0.3 is 0 Å². The maximum absolute atomic E-state index is 13.3. The lowest BCUT2D eigenvalue weighted by molar-refractivity contribution is 0.102. The highest BCUT2D eigenvalue weighted by molar-refractivity contribution is 6.05. The number of halogens is 1. The van der Waals surface area contributed by atoms with E-state index in [1.807, 2.05) is 6.92 Å². The number of nitrogens with one attached hydrogen (secondary N) is 1. The van der Waals surface area contributed by atoms with Gasteiger partial charge in [-0.05, 0) is 62.4 Å². The molecule has 1 N–H and O–H groups in total. The van der Waals surface area contributed by atoms with Crippen LogP contribution in [-0.4, -0.2) is 26.9 Å². The molecule has 2 aromatic carbocycles. The van der Waals surface area contributed by atoms with Gasteiger partial charge in [0, 0.05) is 18.9 Å². The van der Waals surface area contributed by atoms with Crippen LogP contribution in [0.25, 0.3) is 16.7 Å². The van der Waals surface area contributed by atoms with Crippen molar-refractivity contribution in [2.75, 3.05) is 11.9 Å². The van der Waals surface area contributed by atoms with Gasteiger partial charge in [0.15, 0.2) is 0 Å². The third-order valence-electron chi connectivity index (χ3n) is 4.90. The van der Waals surface area contributed by atoms with Crippen molar-refractivity contribution in [2.45, 2.75) is 13.8 Å². The third kappa shape index (κ3) is 3.79. The van der Waals surface area contributed by atoms with Gasteiger partial charge in [-0.1, -0.05) is 0 Å². The van der Waals surface area contributed by atoms with Gasteiger partial charge in [-0.2, -0.15) is 5.10 Å². The van der Waals surface area contributed by atoms with Crippen molar-refractivity contribution < 1.29 is 13.9 Å². The Morgan fingerprint density at radius 3 is 2.45 bits per heavy atom. The Balaban J connectivity index is 1.73. The number of nitrogens with zero attached hydrogens (tertiary/aromatic N) is 3. The molecular formula is C23H21FN4O3. The quantitative estimate of drug-likeness (QED) is 0.532. The second kappa shape index (κ2) is 8.06. The van der Waals surface area contributed by atoms with E-state index in [0.717, 1.165) is 0 Å². The summed E-state index contributed by atoms with van der Waals surface area (Å²) in [4.78, 5) is 26.0. The Labute approximate surface area is 177 Å². The number of aryl methyl sites for hydroxylation is 2. The van der Waals surface area contributed by atoms with Crippen molar-refractivity contribution in [3.05, 3.63) is 82.0 Å². The number of aromatic nitrogens is 3. The van der Waals surface area contributed by atoms with Crippen LogP contribution >= 0.6 is 0 Å². The number of rotatable bonds is 5. The first-order chi connectivity index (χ1) is 14.9. The molecule has 2 aromatic heterocycles. The Kier molecular flexibility index (Phi) is 5.29. The molecule has 2 heterocycles. The van der Waals surface area contributed by atoms with Gasteiger partial charge in [-0.25, -0.2) is 9.07 Å². The highest BCUT2D eigenvalue weighted by Crippen LogP contribution is 2.21. The van der Waals surface area contributed by atoms with E-state index < -0.39 is 11.3 Å². The molecule has 31 heavy (non-hydrogen) atoms. The summed E-state index contributed by atoms with van der Waals surface area (Å²) in [5.74, 6) is -0.179. The van der Waals surface area contributed by atoms with E-state index in [9.17, 15) is 14.0 Å². The molecule has 0 unspecified atom stereocenters. The fourth-order valence-corrected chi connectivity index (χ4v) is 3.48. The molecule has 0 radical (unpaired) electrons. The normalized spacial score (nSPS) is 11.0. The van der Waals surface area contributed by atoms with E-state index in [-0.39, 0.29) is 11.4 Å². The van der Waals surface area contributed by atoms with E-state index in [4.69, 9.17) is 4.74 Å². The maximum Gasteiger partial charge on any atom is 0.261 e. The van der Waals surface area contributed by atoms with E-state index in [0.29, 0.717) is 40.5 Å². The summed E-state index contributed by atoms with van der Waals surface area (Å²) in [6.45, 7) is 4.15. The Morgan fingerprint density at radius 2 is 1.81 bits per heavy atom. The van der Waals surface area contributed by atoms with Crippen LogP contribution in [0.2, 0.25) is 0 Å². The molecule has 8 heteroatoms. The van der Waals surface area contributed by atoms with E-state index in [1.165, 1.54) is 18.3 Å². The number of pyridine rings is 1. The van der Waals surface area contributed by atoms with Crippen LogP contribution in [0.5, 0.6) is 5.75 Å². The summed E-state index contributed by atoms with van der Waals surface area (Å²) in [6.07, 6.45) is 1.48. The largest absolute Gasteiger partial charge is 0.494 e. The van der Waals surface area contributed by atoms with Crippen molar-refractivity contribution in [1.29, 1.82) is 0 Å². The van der Waals surface area contributed by atoms with Crippen molar-refractivity contribution in [3.63, 3.8) is 0 Å². The fourth-order valence-electron chi connectivity index (χ4n) is 3.48. The molecule has 0 aliphatic carbocycles. The fraction of sp³-hybridized carbons (Fsp3) is 0.174. The summed E-state index contributed by atoms with van der Waals surface area (Å²) in [5.41, 5.74) is 1.76. The monoisotopic (exact) mass is 420 g/mol. The van der Waals surface area contributed by atoms with Gasteiger partial charge < -0.3 is 14.6 Å². The summed E-state index contributed by atoms with van der Waals surface area (Å²) < 4.78 is 21.9.